The summed E-state index contributed by atoms with van der Waals surface area (Å²) < 4.78 is 0. The molecule has 6 rings (SSSR count). The van der Waals surface area contributed by atoms with E-state index in [9.17, 15) is 0 Å². The molecule has 0 aliphatic heterocycles. The Morgan fingerprint density at radius 1 is 0.522 bits per heavy atom. The smallest absolute Gasteiger partial charge is 0.358 e. The molecule has 0 saturated carbocycles. The van der Waals surface area contributed by atoms with Gasteiger partial charge in [-0.25, -0.2) is 0 Å². The first kappa shape index (κ1) is 37.4. The Morgan fingerprint density at radius 2 is 0.848 bits per heavy atom. The standard InChI is InChI=1S/C43H46.2CH3.Hf/c1-27(2)25-43(26-28(3)4,35-21-33-17-11-19-37(39(33)23-35)41-29(5)13-9-14-30(41)6)36-22-34-18-12-20-38(40(34)24-36)42-31(7)15-10-16-32(42)8;;;/h9-24,27-28H,25-26H2,1-8H3;2*1H3;/q-2;2*-1;+4. The SMILES string of the molecule is Cc1cccc(C)c1-c1cccc2[cH-]c(C(CC(C)C)(CC(C)C)c3cc4c(-c5c(C)cccc5C)cccc4[cH-]3)cc12.[CH3-].[CH3-].[Hf+4]. The van der Waals surface area contributed by atoms with Crippen molar-refractivity contribution < 1.29 is 25.8 Å². The van der Waals surface area contributed by atoms with Crippen LogP contribution in [-0.2, 0) is 31.3 Å². The minimum absolute atomic E-state index is 0. The van der Waals surface area contributed by atoms with E-state index < -0.39 is 0 Å². The van der Waals surface area contributed by atoms with Crippen LogP contribution in [0.25, 0.3) is 43.8 Å². The number of rotatable bonds is 8. The fraction of sp³-hybridized carbons (Fsp3) is 0.289. The van der Waals surface area contributed by atoms with Gasteiger partial charge in [-0.3, -0.25) is 0 Å². The maximum absolute atomic E-state index is 2.55. The van der Waals surface area contributed by atoms with Crippen molar-refractivity contribution in [1.29, 1.82) is 0 Å². The Bertz CT molecular complexity index is 1740. The molecule has 0 aliphatic rings. The summed E-state index contributed by atoms with van der Waals surface area (Å²) in [4.78, 5) is 0. The molecule has 0 nitrogen and oxygen atoms in total. The molecule has 0 radical (unpaired) electrons. The van der Waals surface area contributed by atoms with Crippen LogP contribution < -0.4 is 0 Å². The fourth-order valence-corrected chi connectivity index (χ4v) is 8.05. The van der Waals surface area contributed by atoms with Crippen molar-refractivity contribution in [1.82, 2.24) is 0 Å². The predicted molar refractivity (Wildman–Crippen MR) is 201 cm³/mol. The molecule has 0 N–H and O–H groups in total. The summed E-state index contributed by atoms with van der Waals surface area (Å²) in [6, 6.07) is 37.2. The number of benzene rings is 4. The van der Waals surface area contributed by atoms with Gasteiger partial charge < -0.3 is 14.9 Å². The molecule has 46 heavy (non-hydrogen) atoms. The Kier molecular flexibility index (Phi) is 12.1. The minimum atomic E-state index is -0.0729. The maximum atomic E-state index is 2.55. The third kappa shape index (κ3) is 6.68. The van der Waals surface area contributed by atoms with Crippen LogP contribution in [0.5, 0.6) is 0 Å². The molecule has 0 fully saturated rings. The van der Waals surface area contributed by atoms with E-state index in [1.165, 1.54) is 77.2 Å². The monoisotopic (exact) mass is 772 g/mol. The van der Waals surface area contributed by atoms with E-state index in [0.29, 0.717) is 11.8 Å². The molecule has 0 aromatic heterocycles. The van der Waals surface area contributed by atoms with E-state index in [1.54, 1.807) is 0 Å². The molecule has 0 amide bonds. The quantitative estimate of drug-likeness (QED) is 0.107. The second-order valence-corrected chi connectivity index (χ2v) is 13.9. The molecule has 236 valence electrons. The second-order valence-electron chi connectivity index (χ2n) is 13.9. The van der Waals surface area contributed by atoms with Gasteiger partial charge in [0.2, 0.25) is 0 Å². The van der Waals surface area contributed by atoms with Crippen molar-refractivity contribution in [2.24, 2.45) is 11.8 Å². The summed E-state index contributed by atoms with van der Waals surface area (Å²) in [5, 5.41) is 5.44. The molecule has 0 heterocycles. The average molecular weight is 771 g/mol. The molecule has 0 unspecified atom stereocenters. The van der Waals surface area contributed by atoms with Crippen molar-refractivity contribution in [3.63, 3.8) is 0 Å². The Morgan fingerprint density at radius 3 is 1.17 bits per heavy atom. The Hall–Kier alpha value is -3.03. The van der Waals surface area contributed by atoms with Crippen molar-refractivity contribution in [3.05, 3.63) is 145 Å². The van der Waals surface area contributed by atoms with Crippen molar-refractivity contribution >= 4 is 21.5 Å². The summed E-state index contributed by atoms with van der Waals surface area (Å²) in [7, 11) is 0. The topological polar surface area (TPSA) is 0 Å². The zero-order valence-corrected chi connectivity index (χ0v) is 33.4. The Balaban J connectivity index is 0.00000192. The third-order valence-corrected chi connectivity index (χ3v) is 9.62. The molecule has 6 aromatic rings. The van der Waals surface area contributed by atoms with Crippen LogP contribution in [0.2, 0.25) is 0 Å². The van der Waals surface area contributed by atoms with Gasteiger partial charge in [0.1, 0.15) is 0 Å². The van der Waals surface area contributed by atoms with Gasteiger partial charge in [-0.15, -0.1) is 69.1 Å². The molecule has 6 aromatic carbocycles. The number of fused-ring (bicyclic) bond motifs is 2. The first-order valence-electron chi connectivity index (χ1n) is 16.1. The van der Waals surface area contributed by atoms with E-state index in [0.717, 1.165) is 12.8 Å². The molecular weight excluding hydrogens is 719 g/mol. The number of hydrogen-bond donors (Lipinski definition) is 0. The zero-order chi connectivity index (χ0) is 30.5. The van der Waals surface area contributed by atoms with Gasteiger partial charge in [0.15, 0.2) is 0 Å². The maximum Gasteiger partial charge on any atom is 4.00 e. The first-order chi connectivity index (χ1) is 20.6. The van der Waals surface area contributed by atoms with E-state index in [-0.39, 0.29) is 46.1 Å². The fourth-order valence-electron chi connectivity index (χ4n) is 8.05. The molecule has 0 saturated heterocycles. The van der Waals surface area contributed by atoms with Gasteiger partial charge >= 0.3 is 25.8 Å². The third-order valence-electron chi connectivity index (χ3n) is 9.62. The van der Waals surface area contributed by atoms with Crippen LogP contribution >= 0.6 is 0 Å². The number of aryl methyl sites for hydroxylation is 4. The van der Waals surface area contributed by atoms with Gasteiger partial charge in [-0.2, -0.15) is 12.1 Å². The van der Waals surface area contributed by atoms with Gasteiger partial charge in [0.25, 0.3) is 0 Å². The molecule has 0 aliphatic carbocycles. The first-order valence-corrected chi connectivity index (χ1v) is 16.1. The summed E-state index contributed by atoms with van der Waals surface area (Å²) in [5.41, 5.74) is 13.7. The Labute approximate surface area is 298 Å². The summed E-state index contributed by atoms with van der Waals surface area (Å²) in [5.74, 6) is 1.12. The summed E-state index contributed by atoms with van der Waals surface area (Å²) in [6.45, 7) is 18.6. The van der Waals surface area contributed by atoms with E-state index in [1.807, 2.05) is 0 Å². The van der Waals surface area contributed by atoms with Crippen molar-refractivity contribution in [3.8, 4) is 22.3 Å². The zero-order valence-electron chi connectivity index (χ0n) is 29.8. The minimum Gasteiger partial charge on any atom is -0.358 e. The summed E-state index contributed by atoms with van der Waals surface area (Å²) >= 11 is 0. The van der Waals surface area contributed by atoms with Crippen LogP contribution in [0.3, 0.4) is 0 Å². The number of hydrogen-bond acceptors (Lipinski definition) is 0. The van der Waals surface area contributed by atoms with Crippen LogP contribution in [0, 0.1) is 54.4 Å². The molecule has 0 spiro atoms. The molecule has 0 bridgehead atoms. The van der Waals surface area contributed by atoms with Crippen LogP contribution in [0.15, 0.2) is 97.1 Å². The predicted octanol–water partition coefficient (Wildman–Crippen LogP) is 13.3. The van der Waals surface area contributed by atoms with Crippen LogP contribution in [0.1, 0.15) is 73.9 Å². The van der Waals surface area contributed by atoms with Gasteiger partial charge in [-0.1, -0.05) is 87.4 Å². The molecule has 1 heteroatoms. The summed E-state index contributed by atoms with van der Waals surface area (Å²) in [6.07, 6.45) is 2.24. The van der Waals surface area contributed by atoms with E-state index >= 15 is 0 Å². The second kappa shape index (κ2) is 14.8. The van der Waals surface area contributed by atoms with Gasteiger partial charge in [0.05, 0.1) is 0 Å². The largest absolute Gasteiger partial charge is 4.00 e. The van der Waals surface area contributed by atoms with Crippen LogP contribution in [0.4, 0.5) is 0 Å². The van der Waals surface area contributed by atoms with Gasteiger partial charge in [-0.05, 0) is 91.2 Å². The van der Waals surface area contributed by atoms with Crippen molar-refractivity contribution in [2.75, 3.05) is 0 Å². The normalized spacial score (nSPS) is 11.5. The van der Waals surface area contributed by atoms with Crippen molar-refractivity contribution in [2.45, 2.75) is 73.6 Å². The van der Waals surface area contributed by atoms with Crippen LogP contribution in [-0.4, -0.2) is 0 Å². The molecule has 0 atom stereocenters. The average Bonchev–Trinajstić information content (AvgIpc) is 3.58. The van der Waals surface area contributed by atoms with E-state index in [4.69, 9.17) is 0 Å². The van der Waals surface area contributed by atoms with E-state index in [2.05, 4.69) is 152 Å². The molecular formula is C45H52Hf. The van der Waals surface area contributed by atoms with Gasteiger partial charge in [0, 0.05) is 0 Å².